The number of carbonyl (C=O) groups is 2. The first-order valence-corrected chi connectivity index (χ1v) is 8.48. The van der Waals surface area contributed by atoms with Crippen LogP contribution < -0.4 is 5.32 Å². The molecule has 0 aliphatic heterocycles. The molecule has 0 heterocycles. The first-order valence-electron chi connectivity index (χ1n) is 8.48. The maximum atomic E-state index is 12.0. The van der Waals surface area contributed by atoms with Crippen molar-refractivity contribution < 1.29 is 24.2 Å². The molecule has 2 N–H and O–H groups in total. The standard InChI is InChI=1S/C20H21NO5/c1-13(25-12-19(22)23)10-21-20(24)26-11-18-16-8-4-2-6-14(16)15-7-3-5-9-17(15)18/h2-9,13,18H,10-12H2,1H3,(H,21,24)(H,22,23)/t13-/m0/s1. The molecule has 0 saturated carbocycles. The number of carbonyl (C=O) groups excluding carboxylic acids is 1. The summed E-state index contributed by atoms with van der Waals surface area (Å²) in [7, 11) is 0. The molecule has 1 aliphatic rings. The van der Waals surface area contributed by atoms with Gasteiger partial charge in [0.05, 0.1) is 6.10 Å². The second-order valence-corrected chi connectivity index (χ2v) is 6.22. The highest BCUT2D eigenvalue weighted by Gasteiger charge is 2.28. The van der Waals surface area contributed by atoms with E-state index in [9.17, 15) is 9.59 Å². The highest BCUT2D eigenvalue weighted by molar-refractivity contribution is 5.79. The topological polar surface area (TPSA) is 84.9 Å². The van der Waals surface area contributed by atoms with Gasteiger partial charge in [-0.25, -0.2) is 9.59 Å². The second kappa shape index (κ2) is 8.01. The lowest BCUT2D eigenvalue weighted by Gasteiger charge is -2.16. The Balaban J connectivity index is 1.56. The molecule has 136 valence electrons. The van der Waals surface area contributed by atoms with E-state index in [-0.39, 0.29) is 19.1 Å². The van der Waals surface area contributed by atoms with Crippen LogP contribution in [0.4, 0.5) is 4.79 Å². The van der Waals surface area contributed by atoms with E-state index in [0.717, 1.165) is 11.1 Å². The first kappa shape index (κ1) is 17.9. The fourth-order valence-electron chi connectivity index (χ4n) is 3.15. The Labute approximate surface area is 151 Å². The highest BCUT2D eigenvalue weighted by atomic mass is 16.5. The Bertz CT molecular complexity index is 759. The molecule has 0 aromatic heterocycles. The lowest BCUT2D eigenvalue weighted by atomic mass is 9.98. The minimum absolute atomic E-state index is 0.00818. The quantitative estimate of drug-likeness (QED) is 0.797. The molecule has 0 fully saturated rings. The van der Waals surface area contributed by atoms with Crippen LogP contribution in [-0.4, -0.2) is 43.0 Å². The van der Waals surface area contributed by atoms with E-state index >= 15 is 0 Å². The van der Waals surface area contributed by atoms with Gasteiger partial charge in [-0.15, -0.1) is 0 Å². The van der Waals surface area contributed by atoms with Gasteiger partial charge in [0.25, 0.3) is 0 Å². The van der Waals surface area contributed by atoms with Crippen molar-refractivity contribution in [2.75, 3.05) is 19.8 Å². The van der Waals surface area contributed by atoms with Crippen LogP contribution in [-0.2, 0) is 14.3 Å². The van der Waals surface area contributed by atoms with Gasteiger partial charge < -0.3 is 19.9 Å². The van der Waals surface area contributed by atoms with E-state index in [0.29, 0.717) is 0 Å². The third-order valence-electron chi connectivity index (χ3n) is 4.37. The predicted octanol–water partition coefficient (Wildman–Crippen LogP) is 3.01. The van der Waals surface area contributed by atoms with Crippen LogP contribution in [0.5, 0.6) is 0 Å². The predicted molar refractivity (Wildman–Crippen MR) is 96.1 cm³/mol. The number of alkyl carbamates (subject to hydrolysis) is 1. The van der Waals surface area contributed by atoms with E-state index in [4.69, 9.17) is 14.6 Å². The zero-order chi connectivity index (χ0) is 18.5. The van der Waals surface area contributed by atoms with E-state index in [1.54, 1.807) is 6.92 Å². The average molecular weight is 355 g/mol. The van der Waals surface area contributed by atoms with Crippen LogP contribution in [0.3, 0.4) is 0 Å². The Morgan fingerprint density at radius 1 is 1.08 bits per heavy atom. The van der Waals surface area contributed by atoms with Crippen molar-refractivity contribution in [1.82, 2.24) is 5.32 Å². The maximum absolute atomic E-state index is 12.0. The molecule has 0 bridgehead atoms. The van der Waals surface area contributed by atoms with Crippen molar-refractivity contribution in [3.8, 4) is 11.1 Å². The number of nitrogens with one attached hydrogen (secondary N) is 1. The zero-order valence-electron chi connectivity index (χ0n) is 14.5. The summed E-state index contributed by atoms with van der Waals surface area (Å²) < 4.78 is 10.4. The fourth-order valence-corrected chi connectivity index (χ4v) is 3.15. The van der Waals surface area contributed by atoms with Crippen molar-refractivity contribution in [2.24, 2.45) is 0 Å². The SMILES string of the molecule is C[C@@H](CNC(=O)OCC1c2ccccc2-c2ccccc21)OCC(=O)O. The van der Waals surface area contributed by atoms with Gasteiger partial charge in [0.1, 0.15) is 13.2 Å². The molecule has 2 aromatic carbocycles. The van der Waals surface area contributed by atoms with Crippen LogP contribution in [0.2, 0.25) is 0 Å². The lowest BCUT2D eigenvalue weighted by molar-refractivity contribution is -0.143. The molecule has 1 atom stereocenters. The number of aliphatic carboxylic acids is 1. The normalized spacial score (nSPS) is 13.6. The van der Waals surface area contributed by atoms with Gasteiger partial charge in [0, 0.05) is 12.5 Å². The molecular formula is C20H21NO5. The molecule has 0 spiro atoms. The van der Waals surface area contributed by atoms with Crippen LogP contribution in [0.15, 0.2) is 48.5 Å². The number of hydrogen-bond donors (Lipinski definition) is 2. The summed E-state index contributed by atoms with van der Waals surface area (Å²) in [5.74, 6) is -1.04. The van der Waals surface area contributed by atoms with E-state index < -0.39 is 24.8 Å². The molecule has 0 unspecified atom stereocenters. The molecule has 3 rings (SSSR count). The number of benzene rings is 2. The maximum Gasteiger partial charge on any atom is 0.407 e. The third-order valence-corrected chi connectivity index (χ3v) is 4.37. The number of rotatable bonds is 7. The molecule has 6 heteroatoms. The first-order chi connectivity index (χ1) is 12.6. The van der Waals surface area contributed by atoms with Gasteiger partial charge in [0.2, 0.25) is 0 Å². The van der Waals surface area contributed by atoms with Crippen LogP contribution in [0, 0.1) is 0 Å². The number of amides is 1. The summed E-state index contributed by atoms with van der Waals surface area (Å²) in [5.41, 5.74) is 4.65. The summed E-state index contributed by atoms with van der Waals surface area (Å²) >= 11 is 0. The Kier molecular flexibility index (Phi) is 5.53. The van der Waals surface area contributed by atoms with Crippen LogP contribution in [0.1, 0.15) is 24.0 Å². The summed E-state index contributed by atoms with van der Waals surface area (Å²) in [6.07, 6.45) is -0.954. The Hall–Kier alpha value is -2.86. The van der Waals surface area contributed by atoms with E-state index in [2.05, 4.69) is 29.6 Å². The summed E-state index contributed by atoms with van der Waals surface area (Å²) in [6, 6.07) is 16.3. The molecule has 0 radical (unpaired) electrons. The van der Waals surface area contributed by atoms with Crippen molar-refractivity contribution in [3.05, 3.63) is 59.7 Å². The molecule has 6 nitrogen and oxygen atoms in total. The van der Waals surface area contributed by atoms with Gasteiger partial charge in [-0.05, 0) is 29.2 Å². The average Bonchev–Trinajstić information content (AvgIpc) is 2.97. The minimum atomic E-state index is -1.04. The molecule has 2 aromatic rings. The van der Waals surface area contributed by atoms with E-state index in [1.165, 1.54) is 11.1 Å². The lowest BCUT2D eigenvalue weighted by Crippen LogP contribution is -2.34. The Morgan fingerprint density at radius 2 is 1.65 bits per heavy atom. The summed E-state index contributed by atoms with van der Waals surface area (Å²) in [5, 5.41) is 11.2. The van der Waals surface area contributed by atoms with Gasteiger partial charge >= 0.3 is 12.1 Å². The molecule has 26 heavy (non-hydrogen) atoms. The van der Waals surface area contributed by atoms with Crippen molar-refractivity contribution in [3.63, 3.8) is 0 Å². The Morgan fingerprint density at radius 3 is 2.23 bits per heavy atom. The number of carboxylic acids is 1. The van der Waals surface area contributed by atoms with Crippen LogP contribution >= 0.6 is 0 Å². The minimum Gasteiger partial charge on any atom is -0.480 e. The number of ether oxygens (including phenoxy) is 2. The summed E-state index contributed by atoms with van der Waals surface area (Å²) in [6.45, 7) is 1.72. The third kappa shape index (κ3) is 4.03. The summed E-state index contributed by atoms with van der Waals surface area (Å²) in [4.78, 5) is 22.4. The van der Waals surface area contributed by atoms with Gasteiger partial charge in [-0.2, -0.15) is 0 Å². The van der Waals surface area contributed by atoms with Crippen molar-refractivity contribution in [1.29, 1.82) is 0 Å². The van der Waals surface area contributed by atoms with Crippen molar-refractivity contribution in [2.45, 2.75) is 18.9 Å². The van der Waals surface area contributed by atoms with Gasteiger partial charge in [0.15, 0.2) is 0 Å². The second-order valence-electron chi connectivity index (χ2n) is 6.22. The smallest absolute Gasteiger partial charge is 0.407 e. The highest BCUT2D eigenvalue weighted by Crippen LogP contribution is 2.44. The molecule has 1 amide bonds. The largest absolute Gasteiger partial charge is 0.480 e. The number of hydrogen-bond acceptors (Lipinski definition) is 4. The van der Waals surface area contributed by atoms with Gasteiger partial charge in [-0.1, -0.05) is 48.5 Å². The zero-order valence-corrected chi connectivity index (χ0v) is 14.5. The monoisotopic (exact) mass is 355 g/mol. The van der Waals surface area contributed by atoms with Gasteiger partial charge in [-0.3, -0.25) is 0 Å². The fraction of sp³-hybridized carbons (Fsp3) is 0.300. The van der Waals surface area contributed by atoms with Crippen LogP contribution in [0.25, 0.3) is 11.1 Å². The number of carboxylic acid groups (broad SMARTS) is 1. The number of fused-ring (bicyclic) bond motifs is 3. The molecule has 0 saturated heterocycles. The van der Waals surface area contributed by atoms with Crippen molar-refractivity contribution >= 4 is 12.1 Å². The molecule has 1 aliphatic carbocycles. The van der Waals surface area contributed by atoms with E-state index in [1.807, 2.05) is 24.3 Å². The molecular weight excluding hydrogens is 334 g/mol.